The predicted molar refractivity (Wildman–Crippen MR) is 129 cm³/mol. The summed E-state index contributed by atoms with van der Waals surface area (Å²) in [6.45, 7) is 7.85. The normalized spacial score (nSPS) is 18.0. The molecule has 3 heterocycles. The first kappa shape index (κ1) is 21.5. The van der Waals surface area contributed by atoms with Gasteiger partial charge in [0, 0.05) is 22.5 Å². The molecule has 1 saturated heterocycles. The fourth-order valence-corrected chi connectivity index (χ4v) is 5.14. The number of nitrogens with zero attached hydrogens (tertiary/aromatic N) is 5. The van der Waals surface area contributed by atoms with Gasteiger partial charge in [-0.2, -0.15) is 0 Å². The van der Waals surface area contributed by atoms with Crippen LogP contribution < -0.4 is 5.56 Å². The van der Waals surface area contributed by atoms with E-state index in [1.165, 1.54) is 6.42 Å². The second kappa shape index (κ2) is 8.90. The number of aromatic amines is 1. The van der Waals surface area contributed by atoms with Crippen LogP contribution in [0.4, 0.5) is 0 Å². The van der Waals surface area contributed by atoms with Crippen molar-refractivity contribution < 1.29 is 0 Å². The summed E-state index contributed by atoms with van der Waals surface area (Å²) in [5, 5.41) is 13.9. The lowest BCUT2D eigenvalue weighted by Gasteiger charge is -2.38. The number of aryl methyl sites for hydroxylation is 2. The number of pyridine rings is 1. The molecule has 2 aromatic carbocycles. The molecule has 0 bridgehead atoms. The molecular formula is C26H30N6O. The Morgan fingerprint density at radius 2 is 1.94 bits per heavy atom. The maximum atomic E-state index is 13.5. The molecule has 2 aromatic heterocycles. The SMILES string of the molecule is Cc1cc(C)c2cc(C(c3nnnn3Cc3ccccc3)N3CCCCC3C)c(=O)[nH]c2c1. The first-order chi connectivity index (χ1) is 16.0. The lowest BCUT2D eigenvalue weighted by atomic mass is 9.95. The van der Waals surface area contributed by atoms with E-state index in [4.69, 9.17) is 0 Å². The van der Waals surface area contributed by atoms with E-state index >= 15 is 0 Å². The van der Waals surface area contributed by atoms with E-state index in [2.05, 4.69) is 70.4 Å². The first-order valence-corrected chi connectivity index (χ1v) is 11.7. The number of H-pyrrole nitrogens is 1. The lowest BCUT2D eigenvalue weighted by Crippen LogP contribution is -2.43. The van der Waals surface area contributed by atoms with Crippen LogP contribution in [0, 0.1) is 13.8 Å². The van der Waals surface area contributed by atoms with Gasteiger partial charge >= 0.3 is 0 Å². The second-order valence-electron chi connectivity index (χ2n) is 9.26. The monoisotopic (exact) mass is 442 g/mol. The summed E-state index contributed by atoms with van der Waals surface area (Å²) in [6.07, 6.45) is 3.40. The highest BCUT2D eigenvalue weighted by atomic mass is 16.1. The Bertz CT molecular complexity index is 1330. The van der Waals surface area contributed by atoms with Gasteiger partial charge in [0.05, 0.1) is 6.54 Å². The Balaban J connectivity index is 1.67. The molecule has 0 radical (unpaired) electrons. The summed E-state index contributed by atoms with van der Waals surface area (Å²) < 4.78 is 1.84. The zero-order chi connectivity index (χ0) is 22.9. The van der Waals surface area contributed by atoms with Crippen LogP contribution in [0.2, 0.25) is 0 Å². The zero-order valence-corrected chi connectivity index (χ0v) is 19.5. The fourth-order valence-electron chi connectivity index (χ4n) is 5.14. The molecule has 170 valence electrons. The minimum Gasteiger partial charge on any atom is -0.322 e. The maximum Gasteiger partial charge on any atom is 0.253 e. The van der Waals surface area contributed by atoms with E-state index < -0.39 is 0 Å². The summed E-state index contributed by atoms with van der Waals surface area (Å²) in [7, 11) is 0. The Kier molecular flexibility index (Phi) is 5.81. The van der Waals surface area contributed by atoms with Crippen LogP contribution in [0.3, 0.4) is 0 Å². The number of fused-ring (bicyclic) bond motifs is 1. The summed E-state index contributed by atoms with van der Waals surface area (Å²) in [4.78, 5) is 19.0. The van der Waals surface area contributed by atoms with E-state index in [-0.39, 0.29) is 11.6 Å². The van der Waals surface area contributed by atoms with Crippen LogP contribution >= 0.6 is 0 Å². The quantitative estimate of drug-likeness (QED) is 0.502. The van der Waals surface area contributed by atoms with E-state index in [0.717, 1.165) is 47.0 Å². The molecule has 1 aliphatic heterocycles. The molecule has 0 amide bonds. The Hall–Kier alpha value is -3.32. The molecule has 2 unspecified atom stereocenters. The van der Waals surface area contributed by atoms with Gasteiger partial charge in [-0.15, -0.1) is 5.10 Å². The van der Waals surface area contributed by atoms with Crippen LogP contribution in [-0.4, -0.2) is 42.7 Å². The molecule has 1 aliphatic rings. The number of hydrogen-bond donors (Lipinski definition) is 1. The van der Waals surface area contributed by atoms with Crippen molar-refractivity contribution in [3.63, 3.8) is 0 Å². The average molecular weight is 443 g/mol. The molecule has 4 aromatic rings. The van der Waals surface area contributed by atoms with Crippen LogP contribution in [0.15, 0.2) is 53.3 Å². The van der Waals surface area contributed by atoms with Crippen LogP contribution in [0.25, 0.3) is 10.9 Å². The Labute approximate surface area is 193 Å². The summed E-state index contributed by atoms with van der Waals surface area (Å²) >= 11 is 0. The number of tetrazole rings is 1. The molecule has 0 aliphatic carbocycles. The number of benzene rings is 2. The number of likely N-dealkylation sites (tertiary alicyclic amines) is 1. The zero-order valence-electron chi connectivity index (χ0n) is 19.5. The van der Waals surface area contributed by atoms with Gasteiger partial charge in [0.25, 0.3) is 5.56 Å². The van der Waals surface area contributed by atoms with Crippen molar-refractivity contribution in [2.75, 3.05) is 6.54 Å². The third-order valence-corrected chi connectivity index (χ3v) is 6.80. The van der Waals surface area contributed by atoms with E-state index in [0.29, 0.717) is 24.0 Å². The van der Waals surface area contributed by atoms with Gasteiger partial charge < -0.3 is 4.98 Å². The maximum absolute atomic E-state index is 13.5. The number of rotatable bonds is 5. The molecule has 2 atom stereocenters. The van der Waals surface area contributed by atoms with Crippen molar-refractivity contribution in [1.82, 2.24) is 30.1 Å². The van der Waals surface area contributed by atoms with Gasteiger partial charge in [-0.3, -0.25) is 9.69 Å². The van der Waals surface area contributed by atoms with Gasteiger partial charge in [0.15, 0.2) is 5.82 Å². The average Bonchev–Trinajstić information content (AvgIpc) is 3.24. The van der Waals surface area contributed by atoms with Crippen molar-refractivity contribution in [1.29, 1.82) is 0 Å². The highest BCUT2D eigenvalue weighted by Gasteiger charge is 2.34. The third kappa shape index (κ3) is 4.20. The molecule has 1 fully saturated rings. The number of nitrogens with one attached hydrogen (secondary N) is 1. The van der Waals surface area contributed by atoms with Crippen molar-refractivity contribution in [2.24, 2.45) is 0 Å². The number of aromatic nitrogens is 5. The molecule has 33 heavy (non-hydrogen) atoms. The molecule has 5 rings (SSSR count). The Morgan fingerprint density at radius 3 is 2.73 bits per heavy atom. The number of piperidine rings is 1. The molecule has 0 spiro atoms. The van der Waals surface area contributed by atoms with Crippen LogP contribution in [0.1, 0.15) is 60.3 Å². The first-order valence-electron chi connectivity index (χ1n) is 11.7. The molecule has 1 N–H and O–H groups in total. The number of hydrogen-bond acceptors (Lipinski definition) is 5. The van der Waals surface area contributed by atoms with Gasteiger partial charge in [-0.1, -0.05) is 42.8 Å². The minimum absolute atomic E-state index is 0.0791. The molecule has 7 nitrogen and oxygen atoms in total. The molecular weight excluding hydrogens is 412 g/mol. The minimum atomic E-state index is -0.312. The van der Waals surface area contributed by atoms with Gasteiger partial charge in [0.1, 0.15) is 6.04 Å². The highest BCUT2D eigenvalue weighted by Crippen LogP contribution is 2.33. The van der Waals surface area contributed by atoms with E-state index in [1.807, 2.05) is 28.9 Å². The predicted octanol–water partition coefficient (Wildman–Crippen LogP) is 4.14. The largest absolute Gasteiger partial charge is 0.322 e. The fraction of sp³-hybridized carbons (Fsp3) is 0.385. The van der Waals surface area contributed by atoms with Crippen LogP contribution in [0.5, 0.6) is 0 Å². The summed E-state index contributed by atoms with van der Waals surface area (Å²) in [5.74, 6) is 0.710. The van der Waals surface area contributed by atoms with Gasteiger partial charge in [-0.05, 0) is 79.4 Å². The van der Waals surface area contributed by atoms with Crippen molar-refractivity contribution in [2.45, 2.75) is 58.7 Å². The van der Waals surface area contributed by atoms with E-state index in [1.54, 1.807) is 0 Å². The van der Waals surface area contributed by atoms with Crippen LogP contribution in [-0.2, 0) is 6.54 Å². The summed E-state index contributed by atoms with van der Waals surface area (Å²) in [5.41, 5.74) is 4.90. The highest BCUT2D eigenvalue weighted by molar-refractivity contribution is 5.83. The van der Waals surface area contributed by atoms with E-state index in [9.17, 15) is 4.79 Å². The van der Waals surface area contributed by atoms with Crippen molar-refractivity contribution in [3.8, 4) is 0 Å². The second-order valence-corrected chi connectivity index (χ2v) is 9.26. The smallest absolute Gasteiger partial charge is 0.253 e. The Morgan fingerprint density at radius 1 is 1.12 bits per heavy atom. The molecule has 7 heteroatoms. The van der Waals surface area contributed by atoms with Crippen molar-refractivity contribution >= 4 is 10.9 Å². The standard InChI is InChI=1S/C26H30N6O/c1-17-13-18(2)21-15-22(26(33)27-23(21)14-17)24(31-12-8-7-9-19(31)3)25-28-29-30-32(25)16-20-10-5-4-6-11-20/h4-6,10-11,13-15,19,24H,7-9,12,16H2,1-3H3,(H,27,33). The molecule has 0 saturated carbocycles. The van der Waals surface area contributed by atoms with Gasteiger partial charge in [-0.25, -0.2) is 4.68 Å². The van der Waals surface area contributed by atoms with Gasteiger partial charge in [0.2, 0.25) is 0 Å². The third-order valence-electron chi connectivity index (χ3n) is 6.80. The van der Waals surface area contributed by atoms with Crippen molar-refractivity contribution in [3.05, 3.63) is 87.0 Å². The topological polar surface area (TPSA) is 79.7 Å². The lowest BCUT2D eigenvalue weighted by molar-refractivity contribution is 0.117. The summed E-state index contributed by atoms with van der Waals surface area (Å²) in [6, 6.07) is 16.4.